The monoisotopic (exact) mass is 213 g/mol. The minimum atomic E-state index is 0.362. The van der Waals surface area contributed by atoms with Crippen LogP contribution in [0.3, 0.4) is 0 Å². The Morgan fingerprint density at radius 3 is 2.71 bits per heavy atom. The molecule has 1 N–H and O–H groups in total. The number of nitrogens with one attached hydrogen (secondary N) is 1. The van der Waals surface area contributed by atoms with E-state index in [2.05, 4.69) is 12.2 Å². The first kappa shape index (κ1) is 11.3. The molecule has 0 aliphatic rings. The van der Waals surface area contributed by atoms with E-state index in [-0.39, 0.29) is 0 Å². The second-order valence-electron chi connectivity index (χ2n) is 3.14. The molecule has 0 radical (unpaired) electrons. The summed E-state index contributed by atoms with van der Waals surface area (Å²) in [4.78, 5) is 0. The zero-order chi connectivity index (χ0) is 10.6. The standard InChI is InChI=1S/C11H16ClNO/c1-4-10(13-2)8-5-6-9(12)11(7-8)14-3/h5-7,10,13H,4H2,1-3H3. The first-order valence-corrected chi connectivity index (χ1v) is 5.11. The fourth-order valence-electron chi connectivity index (χ4n) is 1.50. The topological polar surface area (TPSA) is 21.3 Å². The molecule has 0 spiro atoms. The minimum Gasteiger partial charge on any atom is -0.495 e. The largest absolute Gasteiger partial charge is 0.495 e. The average molecular weight is 214 g/mol. The predicted molar refractivity (Wildman–Crippen MR) is 60.1 cm³/mol. The SMILES string of the molecule is CCC(NC)c1ccc(Cl)c(OC)c1. The second-order valence-corrected chi connectivity index (χ2v) is 3.55. The van der Waals surface area contributed by atoms with Crippen molar-refractivity contribution >= 4 is 11.6 Å². The van der Waals surface area contributed by atoms with E-state index in [4.69, 9.17) is 16.3 Å². The molecule has 1 aromatic rings. The van der Waals surface area contributed by atoms with Crippen molar-refractivity contribution in [3.8, 4) is 5.75 Å². The molecule has 0 amide bonds. The number of methoxy groups -OCH3 is 1. The van der Waals surface area contributed by atoms with Gasteiger partial charge in [0.15, 0.2) is 0 Å². The third-order valence-electron chi connectivity index (χ3n) is 2.33. The number of hydrogen-bond donors (Lipinski definition) is 1. The molecule has 0 fully saturated rings. The smallest absolute Gasteiger partial charge is 0.137 e. The van der Waals surface area contributed by atoms with E-state index in [0.29, 0.717) is 11.1 Å². The van der Waals surface area contributed by atoms with Gasteiger partial charge in [0.1, 0.15) is 5.75 Å². The lowest BCUT2D eigenvalue weighted by atomic mass is 10.0. The fraction of sp³-hybridized carbons (Fsp3) is 0.455. The van der Waals surface area contributed by atoms with Crippen LogP contribution in [0.5, 0.6) is 5.75 Å². The maximum atomic E-state index is 5.94. The lowest BCUT2D eigenvalue weighted by Gasteiger charge is -2.15. The molecule has 0 heterocycles. The summed E-state index contributed by atoms with van der Waals surface area (Å²) < 4.78 is 5.17. The van der Waals surface area contributed by atoms with Crippen LogP contribution in [0.2, 0.25) is 5.02 Å². The van der Waals surface area contributed by atoms with Crippen LogP contribution in [0.15, 0.2) is 18.2 Å². The van der Waals surface area contributed by atoms with E-state index >= 15 is 0 Å². The maximum absolute atomic E-state index is 5.94. The lowest BCUT2D eigenvalue weighted by molar-refractivity contribution is 0.413. The second kappa shape index (κ2) is 5.23. The normalized spacial score (nSPS) is 12.6. The molecule has 1 unspecified atom stereocenters. The van der Waals surface area contributed by atoms with Gasteiger partial charge in [0.2, 0.25) is 0 Å². The lowest BCUT2D eigenvalue weighted by Crippen LogP contribution is -2.15. The van der Waals surface area contributed by atoms with Crippen molar-refractivity contribution in [2.45, 2.75) is 19.4 Å². The van der Waals surface area contributed by atoms with Gasteiger partial charge in [-0.3, -0.25) is 0 Å². The third kappa shape index (κ3) is 2.40. The van der Waals surface area contributed by atoms with Gasteiger partial charge in [-0.15, -0.1) is 0 Å². The zero-order valence-corrected chi connectivity index (χ0v) is 9.56. The highest BCUT2D eigenvalue weighted by molar-refractivity contribution is 6.32. The number of ether oxygens (including phenoxy) is 1. The van der Waals surface area contributed by atoms with Gasteiger partial charge < -0.3 is 10.1 Å². The Morgan fingerprint density at radius 2 is 2.21 bits per heavy atom. The van der Waals surface area contributed by atoms with Crippen molar-refractivity contribution in [3.63, 3.8) is 0 Å². The molecular weight excluding hydrogens is 198 g/mol. The van der Waals surface area contributed by atoms with Gasteiger partial charge in [-0.1, -0.05) is 24.6 Å². The van der Waals surface area contributed by atoms with E-state index in [1.807, 2.05) is 25.2 Å². The summed E-state index contributed by atoms with van der Waals surface area (Å²) in [5, 5.41) is 3.89. The molecule has 78 valence electrons. The summed E-state index contributed by atoms with van der Waals surface area (Å²) in [5.74, 6) is 0.734. The number of halogens is 1. The van der Waals surface area contributed by atoms with E-state index in [1.54, 1.807) is 7.11 Å². The van der Waals surface area contributed by atoms with Crippen LogP contribution >= 0.6 is 11.6 Å². The molecule has 3 heteroatoms. The number of hydrogen-bond acceptors (Lipinski definition) is 2. The summed E-state index contributed by atoms with van der Waals surface area (Å²) in [7, 11) is 3.58. The Morgan fingerprint density at radius 1 is 1.50 bits per heavy atom. The van der Waals surface area contributed by atoms with Gasteiger partial charge in [0, 0.05) is 6.04 Å². The summed E-state index contributed by atoms with van der Waals surface area (Å²) in [6, 6.07) is 6.24. The van der Waals surface area contributed by atoms with Gasteiger partial charge >= 0.3 is 0 Å². The highest BCUT2D eigenvalue weighted by atomic mass is 35.5. The van der Waals surface area contributed by atoms with E-state index in [0.717, 1.165) is 12.2 Å². The van der Waals surface area contributed by atoms with Crippen LogP contribution in [0.1, 0.15) is 24.9 Å². The molecule has 1 rings (SSSR count). The van der Waals surface area contributed by atoms with Crippen LogP contribution in [0.25, 0.3) is 0 Å². The van der Waals surface area contributed by atoms with Crippen LogP contribution < -0.4 is 10.1 Å². The van der Waals surface area contributed by atoms with Gasteiger partial charge in [-0.05, 0) is 31.2 Å². The molecule has 1 atom stereocenters. The third-order valence-corrected chi connectivity index (χ3v) is 2.65. The minimum absolute atomic E-state index is 0.362. The van der Waals surface area contributed by atoms with E-state index < -0.39 is 0 Å². The molecule has 0 saturated carbocycles. The van der Waals surface area contributed by atoms with Crippen molar-refractivity contribution in [1.29, 1.82) is 0 Å². The first-order chi connectivity index (χ1) is 6.72. The molecular formula is C11H16ClNO. The Balaban J connectivity index is 2.98. The number of rotatable bonds is 4. The Labute approximate surface area is 90.2 Å². The summed E-state index contributed by atoms with van der Waals surface area (Å²) in [6.07, 6.45) is 1.04. The molecule has 1 aromatic carbocycles. The van der Waals surface area contributed by atoms with Crippen LogP contribution in [0.4, 0.5) is 0 Å². The van der Waals surface area contributed by atoms with E-state index in [9.17, 15) is 0 Å². The Kier molecular flexibility index (Phi) is 4.23. The number of benzene rings is 1. The van der Waals surface area contributed by atoms with Crippen LogP contribution in [-0.4, -0.2) is 14.2 Å². The predicted octanol–water partition coefficient (Wildman–Crippen LogP) is 3.02. The summed E-state index contributed by atoms with van der Waals surface area (Å²) in [5.41, 5.74) is 1.20. The first-order valence-electron chi connectivity index (χ1n) is 4.73. The fourth-order valence-corrected chi connectivity index (χ4v) is 1.69. The Bertz CT molecular complexity index is 297. The van der Waals surface area contributed by atoms with Crippen molar-refractivity contribution in [1.82, 2.24) is 5.32 Å². The van der Waals surface area contributed by atoms with Crippen molar-refractivity contribution in [2.75, 3.05) is 14.2 Å². The molecule has 0 aliphatic carbocycles. The highest BCUT2D eigenvalue weighted by Crippen LogP contribution is 2.28. The highest BCUT2D eigenvalue weighted by Gasteiger charge is 2.09. The van der Waals surface area contributed by atoms with Gasteiger partial charge in [-0.25, -0.2) is 0 Å². The quantitative estimate of drug-likeness (QED) is 0.830. The van der Waals surface area contributed by atoms with Gasteiger partial charge in [0.25, 0.3) is 0 Å². The molecule has 14 heavy (non-hydrogen) atoms. The van der Waals surface area contributed by atoms with Crippen molar-refractivity contribution < 1.29 is 4.74 Å². The van der Waals surface area contributed by atoms with Crippen molar-refractivity contribution in [3.05, 3.63) is 28.8 Å². The zero-order valence-electron chi connectivity index (χ0n) is 8.80. The van der Waals surface area contributed by atoms with Gasteiger partial charge in [0.05, 0.1) is 12.1 Å². The summed E-state index contributed by atoms with van der Waals surface area (Å²) >= 11 is 5.94. The van der Waals surface area contributed by atoms with Crippen molar-refractivity contribution in [2.24, 2.45) is 0 Å². The van der Waals surface area contributed by atoms with Crippen LogP contribution in [0, 0.1) is 0 Å². The summed E-state index contributed by atoms with van der Waals surface area (Å²) in [6.45, 7) is 2.14. The Hall–Kier alpha value is -0.730. The molecule has 0 aromatic heterocycles. The maximum Gasteiger partial charge on any atom is 0.137 e. The van der Waals surface area contributed by atoms with Crippen LogP contribution in [-0.2, 0) is 0 Å². The molecule has 0 saturated heterocycles. The van der Waals surface area contributed by atoms with E-state index in [1.165, 1.54) is 5.56 Å². The van der Waals surface area contributed by atoms with Gasteiger partial charge in [-0.2, -0.15) is 0 Å². The molecule has 0 aliphatic heterocycles. The average Bonchev–Trinajstić information content (AvgIpc) is 2.22. The molecule has 2 nitrogen and oxygen atoms in total. The molecule has 0 bridgehead atoms.